The molecule has 1 aromatic carbocycles. The van der Waals surface area contributed by atoms with Crippen LogP contribution in [-0.2, 0) is 22.9 Å². The molecule has 0 bridgehead atoms. The van der Waals surface area contributed by atoms with Crippen molar-refractivity contribution in [3.05, 3.63) is 29.3 Å². The van der Waals surface area contributed by atoms with Crippen LogP contribution in [0.3, 0.4) is 0 Å². The summed E-state index contributed by atoms with van der Waals surface area (Å²) >= 11 is 0. The molecule has 0 fully saturated rings. The second kappa shape index (κ2) is 5.47. The third-order valence-corrected chi connectivity index (χ3v) is 5.64. The Hall–Kier alpha value is -0.910. The Bertz CT molecular complexity index is 591. The summed E-state index contributed by atoms with van der Waals surface area (Å²) in [6.07, 6.45) is 3.07. The van der Waals surface area contributed by atoms with Crippen LogP contribution in [0, 0.1) is 5.92 Å². The van der Waals surface area contributed by atoms with Gasteiger partial charge in [-0.1, -0.05) is 19.9 Å². The molecule has 5 heteroatoms. The van der Waals surface area contributed by atoms with Gasteiger partial charge in [0.15, 0.2) is 0 Å². The van der Waals surface area contributed by atoms with Gasteiger partial charge in [-0.25, -0.2) is 13.1 Å². The van der Waals surface area contributed by atoms with Crippen molar-refractivity contribution in [2.75, 3.05) is 6.54 Å². The molecule has 0 heterocycles. The van der Waals surface area contributed by atoms with Crippen molar-refractivity contribution < 1.29 is 13.5 Å². The van der Waals surface area contributed by atoms with Crippen LogP contribution in [-0.4, -0.2) is 25.7 Å². The SMILES string of the molecule is CC(C)C(C)(O)CNS(=O)(=O)c1ccc2c(c1)CCC2. The van der Waals surface area contributed by atoms with Gasteiger partial charge in [0.25, 0.3) is 0 Å². The van der Waals surface area contributed by atoms with Crippen molar-refractivity contribution in [3.63, 3.8) is 0 Å². The molecular formula is C15H23NO3S. The van der Waals surface area contributed by atoms with Gasteiger partial charge in [-0.05, 0) is 55.4 Å². The van der Waals surface area contributed by atoms with Gasteiger partial charge in [0.2, 0.25) is 10.0 Å². The minimum atomic E-state index is -3.56. The van der Waals surface area contributed by atoms with Crippen molar-refractivity contribution in [3.8, 4) is 0 Å². The standard InChI is InChI=1S/C15H23NO3S/c1-11(2)15(3,17)10-16-20(18,19)14-8-7-12-5-4-6-13(12)9-14/h7-9,11,16-17H,4-6,10H2,1-3H3. The summed E-state index contributed by atoms with van der Waals surface area (Å²) in [5, 5.41) is 10.1. The van der Waals surface area contributed by atoms with Gasteiger partial charge in [0.05, 0.1) is 10.5 Å². The minimum Gasteiger partial charge on any atom is -0.389 e. The number of nitrogens with one attached hydrogen (secondary N) is 1. The van der Waals surface area contributed by atoms with Crippen LogP contribution in [0.1, 0.15) is 38.3 Å². The monoisotopic (exact) mass is 297 g/mol. The predicted octanol–water partition coefficient (Wildman–Crippen LogP) is 1.86. The lowest BCUT2D eigenvalue weighted by atomic mass is 9.93. The van der Waals surface area contributed by atoms with E-state index in [4.69, 9.17) is 0 Å². The Morgan fingerprint density at radius 2 is 1.95 bits per heavy atom. The van der Waals surface area contributed by atoms with Gasteiger partial charge >= 0.3 is 0 Å². The fourth-order valence-electron chi connectivity index (χ4n) is 2.24. The van der Waals surface area contributed by atoms with E-state index >= 15 is 0 Å². The number of rotatable bonds is 5. The molecule has 0 saturated heterocycles. The molecule has 0 amide bonds. The maximum Gasteiger partial charge on any atom is 0.240 e. The molecule has 1 atom stereocenters. The largest absolute Gasteiger partial charge is 0.389 e. The van der Waals surface area contributed by atoms with Gasteiger partial charge in [-0.2, -0.15) is 0 Å². The number of hydrogen-bond acceptors (Lipinski definition) is 3. The fraction of sp³-hybridized carbons (Fsp3) is 0.600. The van der Waals surface area contributed by atoms with Crippen LogP contribution in [0.15, 0.2) is 23.1 Å². The molecule has 1 aliphatic rings. The van der Waals surface area contributed by atoms with E-state index in [9.17, 15) is 13.5 Å². The maximum absolute atomic E-state index is 12.3. The van der Waals surface area contributed by atoms with Crippen LogP contribution in [0.4, 0.5) is 0 Å². The van der Waals surface area contributed by atoms with Crippen LogP contribution >= 0.6 is 0 Å². The van der Waals surface area contributed by atoms with E-state index in [0.29, 0.717) is 0 Å². The second-order valence-electron chi connectivity index (χ2n) is 6.12. The van der Waals surface area contributed by atoms with Crippen molar-refractivity contribution >= 4 is 10.0 Å². The summed E-state index contributed by atoms with van der Waals surface area (Å²) in [6, 6.07) is 5.31. The average Bonchev–Trinajstić information content (AvgIpc) is 2.83. The first-order valence-corrected chi connectivity index (χ1v) is 8.54. The molecule has 2 N–H and O–H groups in total. The van der Waals surface area contributed by atoms with Crippen molar-refractivity contribution in [1.29, 1.82) is 0 Å². The molecule has 1 unspecified atom stereocenters. The maximum atomic E-state index is 12.3. The minimum absolute atomic E-state index is 0.0179. The number of benzene rings is 1. The molecule has 0 saturated carbocycles. The fourth-order valence-corrected chi connectivity index (χ4v) is 3.44. The highest BCUT2D eigenvalue weighted by molar-refractivity contribution is 7.89. The van der Waals surface area contributed by atoms with E-state index in [1.54, 1.807) is 19.1 Å². The lowest BCUT2D eigenvalue weighted by Gasteiger charge is -2.27. The Morgan fingerprint density at radius 1 is 1.30 bits per heavy atom. The Morgan fingerprint density at radius 3 is 2.60 bits per heavy atom. The highest BCUT2D eigenvalue weighted by Crippen LogP contribution is 2.25. The van der Waals surface area contributed by atoms with Gasteiger partial charge in [-0.3, -0.25) is 0 Å². The number of aliphatic hydroxyl groups is 1. The van der Waals surface area contributed by atoms with Crippen LogP contribution in [0.25, 0.3) is 0 Å². The predicted molar refractivity (Wildman–Crippen MR) is 79.1 cm³/mol. The lowest BCUT2D eigenvalue weighted by molar-refractivity contribution is 0.0190. The van der Waals surface area contributed by atoms with E-state index in [0.717, 1.165) is 24.8 Å². The molecule has 1 aliphatic carbocycles. The van der Waals surface area contributed by atoms with Gasteiger partial charge in [-0.15, -0.1) is 0 Å². The van der Waals surface area contributed by atoms with Crippen molar-refractivity contribution in [2.24, 2.45) is 5.92 Å². The normalized spacial score (nSPS) is 18.1. The van der Waals surface area contributed by atoms with Gasteiger partial charge < -0.3 is 5.11 Å². The molecule has 112 valence electrons. The molecule has 2 rings (SSSR count). The van der Waals surface area contributed by atoms with Crippen LogP contribution in [0.5, 0.6) is 0 Å². The molecular weight excluding hydrogens is 274 g/mol. The number of aryl methyl sites for hydroxylation is 2. The first-order valence-electron chi connectivity index (χ1n) is 7.06. The van der Waals surface area contributed by atoms with E-state index in [1.165, 1.54) is 5.56 Å². The molecule has 0 spiro atoms. The molecule has 0 aliphatic heterocycles. The van der Waals surface area contributed by atoms with Gasteiger partial charge in [0, 0.05) is 6.54 Å². The van der Waals surface area contributed by atoms with E-state index in [2.05, 4.69) is 4.72 Å². The van der Waals surface area contributed by atoms with E-state index in [1.807, 2.05) is 19.9 Å². The smallest absolute Gasteiger partial charge is 0.240 e. The van der Waals surface area contributed by atoms with Gasteiger partial charge in [0.1, 0.15) is 0 Å². The summed E-state index contributed by atoms with van der Waals surface area (Å²) in [6.45, 7) is 5.39. The third kappa shape index (κ3) is 3.22. The summed E-state index contributed by atoms with van der Waals surface area (Å²) in [5.41, 5.74) is 1.32. The molecule has 0 aromatic heterocycles. The highest BCUT2D eigenvalue weighted by atomic mass is 32.2. The topological polar surface area (TPSA) is 66.4 Å². The first kappa shape index (κ1) is 15.5. The summed E-state index contributed by atoms with van der Waals surface area (Å²) < 4.78 is 27.1. The van der Waals surface area contributed by atoms with E-state index < -0.39 is 15.6 Å². The van der Waals surface area contributed by atoms with Crippen LogP contribution in [0.2, 0.25) is 0 Å². The Labute approximate surface area is 121 Å². The summed E-state index contributed by atoms with van der Waals surface area (Å²) in [7, 11) is -3.56. The molecule has 20 heavy (non-hydrogen) atoms. The Kier molecular flexibility index (Phi) is 4.23. The molecule has 0 radical (unpaired) electrons. The zero-order valence-electron chi connectivity index (χ0n) is 12.3. The van der Waals surface area contributed by atoms with E-state index in [-0.39, 0.29) is 17.4 Å². The number of hydrogen-bond donors (Lipinski definition) is 2. The Balaban J connectivity index is 2.15. The number of sulfonamides is 1. The second-order valence-corrected chi connectivity index (χ2v) is 7.89. The average molecular weight is 297 g/mol. The molecule has 4 nitrogen and oxygen atoms in total. The summed E-state index contributed by atoms with van der Waals surface area (Å²) in [4.78, 5) is 0.290. The van der Waals surface area contributed by atoms with Crippen molar-refractivity contribution in [2.45, 2.75) is 50.5 Å². The summed E-state index contributed by atoms with van der Waals surface area (Å²) in [5.74, 6) is -0.0229. The van der Waals surface area contributed by atoms with Crippen molar-refractivity contribution in [1.82, 2.24) is 4.72 Å². The zero-order chi connectivity index (χ0) is 15.0. The number of fused-ring (bicyclic) bond motifs is 1. The zero-order valence-corrected chi connectivity index (χ0v) is 13.1. The highest BCUT2D eigenvalue weighted by Gasteiger charge is 2.27. The third-order valence-electron chi connectivity index (χ3n) is 4.24. The molecule has 1 aromatic rings. The first-order chi connectivity index (χ1) is 9.22. The quantitative estimate of drug-likeness (QED) is 0.872. The van der Waals surface area contributed by atoms with Crippen LogP contribution < -0.4 is 4.72 Å². The lowest BCUT2D eigenvalue weighted by Crippen LogP contribution is -2.44.